The van der Waals surface area contributed by atoms with Crippen LogP contribution >= 0.6 is 0 Å². The second-order valence-electron chi connectivity index (χ2n) is 20.6. The van der Waals surface area contributed by atoms with Gasteiger partial charge in [0.05, 0.1) is 34.3 Å². The molecule has 0 N–H and O–H groups in total. The molecule has 3 aromatic heterocycles. The van der Waals surface area contributed by atoms with E-state index in [2.05, 4.69) is 200 Å². The maximum Gasteiger partial charge on any atom is 0.192 e. The lowest BCUT2D eigenvalue weighted by atomic mass is 9.84. The van der Waals surface area contributed by atoms with Gasteiger partial charge in [-0.2, -0.15) is 0 Å². The van der Waals surface area contributed by atoms with Crippen molar-refractivity contribution < 1.29 is 8.85 Å². The third-order valence-electron chi connectivity index (χ3n) is 14.0. The van der Waals surface area contributed by atoms with Crippen LogP contribution in [0.4, 0.5) is 17.1 Å². The minimum atomic E-state index is -2.32. The molecule has 4 heterocycles. The molecule has 0 amide bonds. The molecule has 340 valence electrons. The molecule has 11 aromatic rings. The van der Waals surface area contributed by atoms with Gasteiger partial charge in [0.2, 0.25) is 0 Å². The van der Waals surface area contributed by atoms with Gasteiger partial charge in [-0.05, 0) is 104 Å². The summed E-state index contributed by atoms with van der Waals surface area (Å²) < 4.78 is 37.3. The van der Waals surface area contributed by atoms with E-state index < -0.39 is 6.85 Å². The van der Waals surface area contributed by atoms with Gasteiger partial charge >= 0.3 is 0 Å². The lowest BCUT2D eigenvalue weighted by Crippen LogP contribution is -2.15. The molecule has 1 aliphatic rings. The van der Waals surface area contributed by atoms with E-state index in [4.69, 9.17) is 20.4 Å². The zero-order chi connectivity index (χ0) is 50.6. The maximum absolute atomic E-state index is 8.62. The molecule has 0 radical (unpaired) electrons. The average Bonchev–Trinajstić information content (AvgIpc) is 3.94. The smallest absolute Gasteiger partial charge is 0.192 e. The molecule has 8 aromatic carbocycles. The summed E-state index contributed by atoms with van der Waals surface area (Å²) in [6, 6.07) is 60.5. The topological polar surface area (TPSA) is 39.6 Å². The summed E-state index contributed by atoms with van der Waals surface area (Å²) in [5.74, 6) is 2.00. The van der Waals surface area contributed by atoms with E-state index in [9.17, 15) is 0 Å². The molecule has 0 atom stereocenters. The van der Waals surface area contributed by atoms with Crippen LogP contribution in [0.25, 0.3) is 86.9 Å². The molecule has 0 bridgehead atoms. The van der Waals surface area contributed by atoms with E-state index in [1.807, 2.05) is 36.5 Å². The summed E-state index contributed by atoms with van der Waals surface area (Å²) in [5, 5.41) is 8.68. The van der Waals surface area contributed by atoms with Crippen molar-refractivity contribution in [1.29, 1.82) is 0 Å². The molecule has 0 spiro atoms. The first kappa shape index (κ1) is 39.6. The van der Waals surface area contributed by atoms with E-state index in [0.717, 1.165) is 99.0 Å². The van der Waals surface area contributed by atoms with Gasteiger partial charge in [0.1, 0.15) is 24.0 Å². The molecular formula is C64H53N5O. The van der Waals surface area contributed by atoms with Crippen LogP contribution in [0.2, 0.25) is 0 Å². The molecule has 0 aliphatic carbocycles. The molecule has 0 saturated heterocycles. The number of fused-ring (bicyclic) bond motifs is 10. The first-order valence-electron chi connectivity index (χ1n) is 25.4. The molecule has 70 heavy (non-hydrogen) atoms. The fourth-order valence-electron chi connectivity index (χ4n) is 10.6. The van der Waals surface area contributed by atoms with Crippen LogP contribution < -0.4 is 9.64 Å². The Morgan fingerprint density at radius 1 is 0.557 bits per heavy atom. The van der Waals surface area contributed by atoms with E-state index in [-0.39, 0.29) is 10.8 Å². The van der Waals surface area contributed by atoms with Crippen molar-refractivity contribution in [3.8, 4) is 28.4 Å². The van der Waals surface area contributed by atoms with E-state index in [0.29, 0.717) is 29.4 Å². The predicted octanol–water partition coefficient (Wildman–Crippen LogP) is 17.7. The van der Waals surface area contributed by atoms with Crippen LogP contribution in [-0.2, 0) is 17.5 Å². The van der Waals surface area contributed by atoms with E-state index in [1.165, 1.54) is 5.56 Å². The van der Waals surface area contributed by atoms with Crippen molar-refractivity contribution in [2.24, 2.45) is 0 Å². The van der Waals surface area contributed by atoms with Gasteiger partial charge in [0.15, 0.2) is 5.69 Å². The highest BCUT2D eigenvalue weighted by molar-refractivity contribution is 6.22. The van der Waals surface area contributed by atoms with Crippen molar-refractivity contribution in [3.63, 3.8) is 0 Å². The number of anilines is 2. The van der Waals surface area contributed by atoms with Gasteiger partial charge in [0.25, 0.3) is 0 Å². The fraction of sp³-hybridized carbons (Fsp3) is 0.156. The minimum Gasteiger partial charge on any atom is -0.459 e. The number of nitrogens with zero attached hydrogens (tertiary/aromatic N) is 5. The standard InChI is InChI=1S/C64H53N5O/c1-40-31-41(33-43(32-40)64(5,6)7)48-22-15-23-55-51-19-11-9-17-49(51)50-18-10-12-20-52(50)56-24-16-26-58-62(56)68(61(48)55)39-67(58)45-35-44(65-8)36-47(37-45)70-46-27-28-54-53-21-13-14-25-57(53)69(59(54)38-46)60-34-42(29-30-66-60)63(2,3)4/h9-38H,39H2,1-7H3/i1D3. The second kappa shape index (κ2) is 16.1. The van der Waals surface area contributed by atoms with Gasteiger partial charge < -0.3 is 14.2 Å². The summed E-state index contributed by atoms with van der Waals surface area (Å²) >= 11 is 0. The molecule has 0 unspecified atom stereocenters. The zero-order valence-corrected chi connectivity index (χ0v) is 40.2. The predicted molar refractivity (Wildman–Crippen MR) is 293 cm³/mol. The normalized spacial score (nSPS) is 13.5. The average molecular weight is 911 g/mol. The van der Waals surface area contributed by atoms with Gasteiger partial charge in [-0.3, -0.25) is 4.57 Å². The number of aryl methyl sites for hydroxylation is 1. The summed E-state index contributed by atoms with van der Waals surface area (Å²) in [6.45, 7) is 19.5. The van der Waals surface area contributed by atoms with Crippen LogP contribution in [-0.4, -0.2) is 14.1 Å². The first-order valence-corrected chi connectivity index (χ1v) is 23.9. The van der Waals surface area contributed by atoms with Crippen LogP contribution in [0.15, 0.2) is 182 Å². The minimum absolute atomic E-state index is 0.0641. The molecule has 1 aliphatic heterocycles. The SMILES string of the molecule is [2H]C([2H])([2H])c1cc(-c2cccc3c4ccccc4c4ccccc4c4cccc5c4n(c23)CN5c2cc([N+]#[C-])cc(Oc3ccc4c5ccccc5n(-c5cc(C(C)(C)C)ccn5)c4c3)c2)cc(C(C)(C)C)c1. The number of pyridine rings is 1. The van der Waals surface area contributed by atoms with Crippen molar-refractivity contribution >= 4 is 82.2 Å². The molecule has 6 heteroatoms. The Bertz CT molecular complexity index is 4170. The quantitative estimate of drug-likeness (QED) is 0.162. The Hall–Kier alpha value is -8.40. The number of hydrogen-bond acceptors (Lipinski definition) is 3. The van der Waals surface area contributed by atoms with Gasteiger partial charge in [-0.1, -0.05) is 162 Å². The molecule has 0 saturated carbocycles. The fourth-order valence-corrected chi connectivity index (χ4v) is 10.6. The largest absolute Gasteiger partial charge is 0.459 e. The third kappa shape index (κ3) is 7.12. The number of aromatic nitrogens is 3. The Morgan fingerprint density at radius 2 is 1.20 bits per heavy atom. The van der Waals surface area contributed by atoms with Crippen molar-refractivity contribution in [3.05, 3.63) is 210 Å². The monoisotopic (exact) mass is 910 g/mol. The second-order valence-corrected chi connectivity index (χ2v) is 20.6. The van der Waals surface area contributed by atoms with Crippen LogP contribution in [0.1, 0.15) is 62.3 Å². The number of ether oxygens (including phenoxy) is 1. The number of para-hydroxylation sites is 3. The summed E-state index contributed by atoms with van der Waals surface area (Å²) in [5.41, 5.74) is 10.0. The maximum atomic E-state index is 8.62. The third-order valence-corrected chi connectivity index (χ3v) is 14.0. The molecule has 6 nitrogen and oxygen atoms in total. The van der Waals surface area contributed by atoms with Crippen LogP contribution in [0.3, 0.4) is 0 Å². The van der Waals surface area contributed by atoms with Gasteiger partial charge in [-0.15, -0.1) is 0 Å². The van der Waals surface area contributed by atoms with Gasteiger partial charge in [-0.25, -0.2) is 9.83 Å². The zero-order valence-electron chi connectivity index (χ0n) is 43.2. The Morgan fingerprint density at radius 3 is 1.90 bits per heavy atom. The summed E-state index contributed by atoms with van der Waals surface area (Å²) in [7, 11) is 0. The Kier molecular flexibility index (Phi) is 9.11. The highest BCUT2D eigenvalue weighted by Crippen LogP contribution is 2.47. The Labute approximate surface area is 413 Å². The van der Waals surface area contributed by atoms with Crippen molar-refractivity contribution in [1.82, 2.24) is 14.1 Å². The molecule has 0 fully saturated rings. The van der Waals surface area contributed by atoms with Crippen molar-refractivity contribution in [2.45, 2.75) is 65.9 Å². The highest BCUT2D eigenvalue weighted by Gasteiger charge is 2.27. The lowest BCUT2D eigenvalue weighted by Gasteiger charge is -2.23. The molecule has 12 rings (SSSR count). The lowest BCUT2D eigenvalue weighted by molar-refractivity contribution is 0.483. The number of hydrogen-bond donors (Lipinski definition) is 0. The van der Waals surface area contributed by atoms with E-state index >= 15 is 0 Å². The summed E-state index contributed by atoms with van der Waals surface area (Å²) in [6.07, 6.45) is 1.89. The van der Waals surface area contributed by atoms with Gasteiger partial charge in [0, 0.05) is 55.2 Å². The first-order chi connectivity index (χ1) is 35.0. The highest BCUT2D eigenvalue weighted by atomic mass is 16.5. The Balaban J connectivity index is 1.08. The molecular weight excluding hydrogens is 855 g/mol. The van der Waals surface area contributed by atoms with E-state index in [1.54, 1.807) is 6.07 Å². The summed E-state index contributed by atoms with van der Waals surface area (Å²) in [4.78, 5) is 11.2. The number of rotatable bonds is 5. The van der Waals surface area contributed by atoms with Crippen LogP contribution in [0, 0.1) is 13.4 Å². The van der Waals surface area contributed by atoms with Crippen molar-refractivity contribution in [2.75, 3.05) is 4.90 Å². The number of benzene rings is 8. The van der Waals surface area contributed by atoms with Crippen LogP contribution in [0.5, 0.6) is 11.5 Å².